The molecule has 0 radical (unpaired) electrons. The van der Waals surface area contributed by atoms with Gasteiger partial charge in [0.1, 0.15) is 0 Å². The number of rotatable bonds is 2. The molecule has 5 heteroatoms. The van der Waals surface area contributed by atoms with E-state index < -0.39 is 0 Å². The summed E-state index contributed by atoms with van der Waals surface area (Å²) in [5, 5.41) is 2.81. The minimum atomic E-state index is -0.188. The van der Waals surface area contributed by atoms with Crippen LogP contribution in [0.5, 0.6) is 0 Å². The standard InChI is InChI=1S/C13H12BrN3O/c1-8-2-3-9(15)6-10(8)13(18)17-12-4-5-16-7-11(12)14/h2-7H,15H2,1H3,(H,16,17,18). The molecule has 0 aliphatic rings. The Hall–Kier alpha value is -1.88. The summed E-state index contributed by atoms with van der Waals surface area (Å²) < 4.78 is 0.736. The third-order valence-corrected chi connectivity index (χ3v) is 3.16. The summed E-state index contributed by atoms with van der Waals surface area (Å²) >= 11 is 3.33. The van der Waals surface area contributed by atoms with Crippen molar-refractivity contribution in [2.24, 2.45) is 0 Å². The number of benzene rings is 1. The topological polar surface area (TPSA) is 68.0 Å². The van der Waals surface area contributed by atoms with Crippen LogP contribution in [-0.4, -0.2) is 10.9 Å². The Labute approximate surface area is 113 Å². The maximum atomic E-state index is 12.1. The molecule has 18 heavy (non-hydrogen) atoms. The van der Waals surface area contributed by atoms with Crippen molar-refractivity contribution in [2.45, 2.75) is 6.92 Å². The van der Waals surface area contributed by atoms with Gasteiger partial charge in [0, 0.05) is 23.6 Å². The summed E-state index contributed by atoms with van der Waals surface area (Å²) in [7, 11) is 0. The summed E-state index contributed by atoms with van der Waals surface area (Å²) in [6, 6.07) is 6.99. The number of halogens is 1. The quantitative estimate of drug-likeness (QED) is 0.838. The fourth-order valence-corrected chi connectivity index (χ4v) is 1.90. The number of carbonyl (C=O) groups is 1. The van der Waals surface area contributed by atoms with Crippen molar-refractivity contribution in [3.63, 3.8) is 0 Å². The third-order valence-electron chi connectivity index (χ3n) is 2.53. The second kappa shape index (κ2) is 5.18. The fraction of sp³-hybridized carbons (Fsp3) is 0.0769. The van der Waals surface area contributed by atoms with E-state index in [-0.39, 0.29) is 5.91 Å². The van der Waals surface area contributed by atoms with Crippen LogP contribution in [0.4, 0.5) is 11.4 Å². The molecule has 0 bridgehead atoms. The van der Waals surface area contributed by atoms with Gasteiger partial charge in [0.05, 0.1) is 10.2 Å². The molecule has 2 aromatic rings. The van der Waals surface area contributed by atoms with Crippen LogP contribution in [0.15, 0.2) is 41.1 Å². The maximum absolute atomic E-state index is 12.1. The maximum Gasteiger partial charge on any atom is 0.256 e. The van der Waals surface area contributed by atoms with Crippen molar-refractivity contribution >= 4 is 33.2 Å². The van der Waals surface area contributed by atoms with E-state index in [4.69, 9.17) is 5.73 Å². The Balaban J connectivity index is 2.28. The van der Waals surface area contributed by atoms with E-state index in [1.165, 1.54) is 0 Å². The second-order valence-corrected chi connectivity index (χ2v) is 4.74. The monoisotopic (exact) mass is 305 g/mol. The number of aromatic nitrogens is 1. The lowest BCUT2D eigenvalue weighted by atomic mass is 10.1. The van der Waals surface area contributed by atoms with Crippen molar-refractivity contribution < 1.29 is 4.79 Å². The molecule has 0 atom stereocenters. The van der Waals surface area contributed by atoms with Gasteiger partial charge >= 0.3 is 0 Å². The highest BCUT2D eigenvalue weighted by atomic mass is 79.9. The van der Waals surface area contributed by atoms with E-state index in [9.17, 15) is 4.79 Å². The van der Waals surface area contributed by atoms with Gasteiger partial charge in [-0.25, -0.2) is 0 Å². The molecule has 0 saturated carbocycles. The Morgan fingerprint density at radius 3 is 2.89 bits per heavy atom. The van der Waals surface area contributed by atoms with E-state index in [1.807, 2.05) is 13.0 Å². The summed E-state index contributed by atoms with van der Waals surface area (Å²) in [5.74, 6) is -0.188. The first-order chi connectivity index (χ1) is 8.58. The zero-order valence-corrected chi connectivity index (χ0v) is 11.4. The van der Waals surface area contributed by atoms with E-state index in [0.29, 0.717) is 16.9 Å². The molecule has 0 unspecified atom stereocenters. The number of nitrogens with one attached hydrogen (secondary N) is 1. The lowest BCUT2D eigenvalue weighted by molar-refractivity contribution is 0.102. The Morgan fingerprint density at radius 1 is 1.39 bits per heavy atom. The Morgan fingerprint density at radius 2 is 2.17 bits per heavy atom. The number of amides is 1. The molecule has 92 valence electrons. The number of anilines is 2. The number of hydrogen-bond donors (Lipinski definition) is 2. The summed E-state index contributed by atoms with van der Waals surface area (Å²) in [4.78, 5) is 16.1. The first kappa shape index (κ1) is 12.6. The highest BCUT2D eigenvalue weighted by molar-refractivity contribution is 9.10. The number of nitrogens with zero attached hydrogens (tertiary/aromatic N) is 1. The van der Waals surface area contributed by atoms with E-state index in [1.54, 1.807) is 30.6 Å². The lowest BCUT2D eigenvalue weighted by Crippen LogP contribution is -2.14. The predicted molar refractivity (Wildman–Crippen MR) is 75.5 cm³/mol. The van der Waals surface area contributed by atoms with Crippen LogP contribution in [0.2, 0.25) is 0 Å². The molecule has 1 aromatic heterocycles. The van der Waals surface area contributed by atoms with Gasteiger partial charge < -0.3 is 11.1 Å². The molecule has 4 nitrogen and oxygen atoms in total. The van der Waals surface area contributed by atoms with Crippen molar-refractivity contribution in [1.82, 2.24) is 4.98 Å². The normalized spacial score (nSPS) is 10.1. The van der Waals surface area contributed by atoms with Crippen LogP contribution in [-0.2, 0) is 0 Å². The third kappa shape index (κ3) is 2.68. The smallest absolute Gasteiger partial charge is 0.256 e. The number of carbonyl (C=O) groups excluding carboxylic acids is 1. The number of nitrogen functional groups attached to an aromatic ring is 1. The molecular weight excluding hydrogens is 294 g/mol. The SMILES string of the molecule is Cc1ccc(N)cc1C(=O)Nc1ccncc1Br. The van der Waals surface area contributed by atoms with Gasteiger partial charge in [0.2, 0.25) is 0 Å². The molecule has 0 saturated heterocycles. The number of aryl methyl sites for hydroxylation is 1. The molecule has 0 spiro atoms. The lowest BCUT2D eigenvalue weighted by Gasteiger charge is -2.09. The molecule has 2 rings (SSSR count). The summed E-state index contributed by atoms with van der Waals surface area (Å²) in [5.41, 5.74) is 8.39. The molecular formula is C13H12BrN3O. The molecule has 1 amide bonds. The van der Waals surface area contributed by atoms with Gasteiger partial charge in [-0.1, -0.05) is 6.07 Å². The highest BCUT2D eigenvalue weighted by Crippen LogP contribution is 2.21. The van der Waals surface area contributed by atoms with Gasteiger partial charge in [-0.3, -0.25) is 9.78 Å². The first-order valence-electron chi connectivity index (χ1n) is 5.35. The van der Waals surface area contributed by atoms with E-state index in [0.717, 1.165) is 10.0 Å². The van der Waals surface area contributed by atoms with Gasteiger partial charge in [-0.2, -0.15) is 0 Å². The number of pyridine rings is 1. The number of nitrogens with two attached hydrogens (primary N) is 1. The van der Waals surface area contributed by atoms with Crippen molar-refractivity contribution in [2.75, 3.05) is 11.1 Å². The van der Waals surface area contributed by atoms with E-state index in [2.05, 4.69) is 26.2 Å². The van der Waals surface area contributed by atoms with Gasteiger partial charge in [-0.05, 0) is 46.6 Å². The van der Waals surface area contributed by atoms with Crippen LogP contribution in [0.3, 0.4) is 0 Å². The van der Waals surface area contributed by atoms with Crippen LogP contribution in [0, 0.1) is 6.92 Å². The average Bonchev–Trinajstić information content (AvgIpc) is 2.35. The average molecular weight is 306 g/mol. The van der Waals surface area contributed by atoms with Crippen molar-refractivity contribution in [1.29, 1.82) is 0 Å². The highest BCUT2D eigenvalue weighted by Gasteiger charge is 2.11. The van der Waals surface area contributed by atoms with Gasteiger partial charge in [-0.15, -0.1) is 0 Å². The minimum absolute atomic E-state index is 0.188. The largest absolute Gasteiger partial charge is 0.399 e. The first-order valence-corrected chi connectivity index (χ1v) is 6.14. The molecule has 0 aliphatic heterocycles. The molecule has 0 aliphatic carbocycles. The van der Waals surface area contributed by atoms with Crippen molar-refractivity contribution in [3.05, 3.63) is 52.3 Å². The zero-order chi connectivity index (χ0) is 13.1. The fourth-order valence-electron chi connectivity index (χ4n) is 1.55. The Kier molecular flexibility index (Phi) is 3.62. The number of hydrogen-bond acceptors (Lipinski definition) is 3. The summed E-state index contributed by atoms with van der Waals surface area (Å²) in [6.07, 6.45) is 3.24. The zero-order valence-electron chi connectivity index (χ0n) is 9.77. The second-order valence-electron chi connectivity index (χ2n) is 3.88. The molecule has 0 fully saturated rings. The van der Waals surface area contributed by atoms with Crippen molar-refractivity contribution in [3.8, 4) is 0 Å². The van der Waals surface area contributed by atoms with Gasteiger partial charge in [0.25, 0.3) is 5.91 Å². The molecule has 3 N–H and O–H groups in total. The van der Waals surface area contributed by atoms with Crippen LogP contribution >= 0.6 is 15.9 Å². The van der Waals surface area contributed by atoms with Crippen LogP contribution < -0.4 is 11.1 Å². The van der Waals surface area contributed by atoms with Crippen LogP contribution in [0.25, 0.3) is 0 Å². The minimum Gasteiger partial charge on any atom is -0.399 e. The summed E-state index contributed by atoms with van der Waals surface area (Å²) in [6.45, 7) is 1.87. The van der Waals surface area contributed by atoms with E-state index >= 15 is 0 Å². The molecule has 1 aromatic carbocycles. The Bertz CT molecular complexity index is 599. The molecule has 1 heterocycles. The predicted octanol–water partition coefficient (Wildman–Crippen LogP) is 2.99. The van der Waals surface area contributed by atoms with Gasteiger partial charge in [0.15, 0.2) is 0 Å². The van der Waals surface area contributed by atoms with Crippen LogP contribution in [0.1, 0.15) is 15.9 Å².